The number of halogens is 1. The van der Waals surface area contributed by atoms with E-state index in [0.717, 1.165) is 17.6 Å². The van der Waals surface area contributed by atoms with Gasteiger partial charge in [-0.25, -0.2) is 13.1 Å². The van der Waals surface area contributed by atoms with E-state index in [2.05, 4.69) is 38.5 Å². The molecular weight excluding hydrogens is 328 g/mol. The smallest absolute Gasteiger partial charge is 0.215 e. The molecule has 19 heavy (non-hydrogen) atoms. The molecule has 1 aliphatic rings. The van der Waals surface area contributed by atoms with Gasteiger partial charge in [-0.2, -0.15) is 0 Å². The Kier molecular flexibility index (Phi) is 4.66. The first kappa shape index (κ1) is 15.0. The summed E-state index contributed by atoms with van der Waals surface area (Å²) in [5, 5.41) is -0.287. The van der Waals surface area contributed by atoms with Gasteiger partial charge in [0.05, 0.1) is 5.25 Å². The van der Waals surface area contributed by atoms with Crippen molar-refractivity contribution in [1.82, 2.24) is 9.62 Å². The molecule has 2 rings (SSSR count). The van der Waals surface area contributed by atoms with Gasteiger partial charge < -0.3 is 0 Å². The van der Waals surface area contributed by atoms with E-state index in [1.807, 2.05) is 12.1 Å². The van der Waals surface area contributed by atoms with Crippen molar-refractivity contribution in [2.24, 2.45) is 0 Å². The highest BCUT2D eigenvalue weighted by molar-refractivity contribution is 9.10. The van der Waals surface area contributed by atoms with Crippen molar-refractivity contribution >= 4 is 26.0 Å². The standard InChI is InChI=1S/C13H19BrN2O2S/c1-10-11(4-3-5-13(10)14)8-16-7-6-12(9-16)19(17,18)15-2/h3-5,12,15H,6-9H2,1-2H3. The van der Waals surface area contributed by atoms with Gasteiger partial charge in [0, 0.05) is 17.6 Å². The summed E-state index contributed by atoms with van der Waals surface area (Å²) in [5.74, 6) is 0. The van der Waals surface area contributed by atoms with Gasteiger partial charge in [-0.1, -0.05) is 28.1 Å². The second-order valence-electron chi connectivity index (χ2n) is 4.92. The maximum atomic E-state index is 11.8. The number of rotatable bonds is 4. The molecule has 4 nitrogen and oxygen atoms in total. The molecule has 0 saturated carbocycles. The Morgan fingerprint density at radius 1 is 1.47 bits per heavy atom. The van der Waals surface area contributed by atoms with Gasteiger partial charge >= 0.3 is 0 Å². The fourth-order valence-electron chi connectivity index (χ4n) is 2.42. The third kappa shape index (κ3) is 3.37. The van der Waals surface area contributed by atoms with Crippen LogP contribution in [0.25, 0.3) is 0 Å². The molecule has 0 amide bonds. The number of nitrogens with one attached hydrogen (secondary N) is 1. The van der Waals surface area contributed by atoms with Crippen LogP contribution in [0.2, 0.25) is 0 Å². The van der Waals surface area contributed by atoms with Crippen molar-refractivity contribution in [3.63, 3.8) is 0 Å². The summed E-state index contributed by atoms with van der Waals surface area (Å²) in [6, 6.07) is 6.14. The van der Waals surface area contributed by atoms with Gasteiger partial charge in [-0.15, -0.1) is 0 Å². The monoisotopic (exact) mass is 346 g/mol. The van der Waals surface area contributed by atoms with E-state index in [1.165, 1.54) is 18.2 Å². The Bertz CT molecular complexity index is 560. The molecule has 1 atom stereocenters. The predicted molar refractivity (Wildman–Crippen MR) is 80.5 cm³/mol. The Labute approximate surface area is 123 Å². The Balaban J connectivity index is 2.05. The van der Waals surface area contributed by atoms with Crippen LogP contribution in [0.15, 0.2) is 22.7 Å². The van der Waals surface area contributed by atoms with Crippen molar-refractivity contribution in [3.8, 4) is 0 Å². The highest BCUT2D eigenvalue weighted by atomic mass is 79.9. The summed E-state index contributed by atoms with van der Waals surface area (Å²) in [6.45, 7) is 4.32. The first-order valence-electron chi connectivity index (χ1n) is 6.32. The summed E-state index contributed by atoms with van der Waals surface area (Å²) in [4.78, 5) is 2.20. The molecule has 0 radical (unpaired) electrons. The minimum Gasteiger partial charge on any atom is -0.298 e. The van der Waals surface area contributed by atoms with Gasteiger partial charge in [-0.05, 0) is 44.1 Å². The zero-order chi connectivity index (χ0) is 14.0. The number of nitrogens with zero attached hydrogens (tertiary/aromatic N) is 1. The minimum atomic E-state index is -3.14. The van der Waals surface area contributed by atoms with Crippen LogP contribution >= 0.6 is 15.9 Å². The molecule has 1 fully saturated rings. The van der Waals surface area contributed by atoms with Crippen LogP contribution in [0.3, 0.4) is 0 Å². The van der Waals surface area contributed by atoms with Crippen LogP contribution in [0.5, 0.6) is 0 Å². The van der Waals surface area contributed by atoms with Gasteiger partial charge in [0.2, 0.25) is 10.0 Å². The summed E-state index contributed by atoms with van der Waals surface area (Å²) >= 11 is 3.53. The molecule has 0 spiro atoms. The van der Waals surface area contributed by atoms with Gasteiger partial charge in [0.25, 0.3) is 0 Å². The number of hydrogen-bond donors (Lipinski definition) is 1. The van der Waals surface area contributed by atoms with E-state index in [1.54, 1.807) is 0 Å². The molecule has 1 N–H and O–H groups in total. The van der Waals surface area contributed by atoms with E-state index in [-0.39, 0.29) is 5.25 Å². The minimum absolute atomic E-state index is 0.287. The third-order valence-corrected chi connectivity index (χ3v) is 6.42. The lowest BCUT2D eigenvalue weighted by molar-refractivity contribution is 0.330. The molecule has 106 valence electrons. The van der Waals surface area contributed by atoms with Crippen LogP contribution in [-0.2, 0) is 16.6 Å². The molecule has 0 bridgehead atoms. The average Bonchev–Trinajstić information content (AvgIpc) is 2.84. The summed E-state index contributed by atoms with van der Waals surface area (Å²) in [6.07, 6.45) is 0.705. The van der Waals surface area contributed by atoms with Crippen LogP contribution in [0, 0.1) is 6.92 Å². The highest BCUT2D eigenvalue weighted by Gasteiger charge is 2.32. The molecule has 1 aliphatic heterocycles. The summed E-state index contributed by atoms with van der Waals surface area (Å²) < 4.78 is 27.1. The van der Waals surface area contributed by atoms with E-state index in [9.17, 15) is 8.42 Å². The normalized spacial score (nSPS) is 20.9. The Hall–Kier alpha value is -0.430. The van der Waals surface area contributed by atoms with Crippen molar-refractivity contribution < 1.29 is 8.42 Å². The van der Waals surface area contributed by atoms with Crippen LogP contribution in [0.4, 0.5) is 0 Å². The number of likely N-dealkylation sites (tertiary alicyclic amines) is 1. The van der Waals surface area contributed by atoms with E-state index in [0.29, 0.717) is 13.0 Å². The van der Waals surface area contributed by atoms with Crippen LogP contribution < -0.4 is 4.72 Å². The second-order valence-corrected chi connectivity index (χ2v) is 7.94. The Morgan fingerprint density at radius 2 is 2.21 bits per heavy atom. The fraction of sp³-hybridized carbons (Fsp3) is 0.538. The number of sulfonamides is 1. The van der Waals surface area contributed by atoms with Crippen molar-refractivity contribution in [2.45, 2.75) is 25.1 Å². The topological polar surface area (TPSA) is 49.4 Å². The van der Waals surface area contributed by atoms with Gasteiger partial charge in [-0.3, -0.25) is 4.90 Å². The maximum absolute atomic E-state index is 11.8. The van der Waals surface area contributed by atoms with Crippen molar-refractivity contribution in [1.29, 1.82) is 0 Å². The first-order valence-corrected chi connectivity index (χ1v) is 8.66. The molecule has 0 aromatic heterocycles. The molecule has 1 saturated heterocycles. The zero-order valence-corrected chi connectivity index (χ0v) is 13.6. The molecule has 1 aromatic carbocycles. The molecule has 1 unspecified atom stereocenters. The SMILES string of the molecule is CNS(=O)(=O)C1CCN(Cc2cccc(Br)c2C)C1. The van der Waals surface area contributed by atoms with Crippen molar-refractivity contribution in [3.05, 3.63) is 33.8 Å². The zero-order valence-electron chi connectivity index (χ0n) is 11.2. The van der Waals surface area contributed by atoms with Crippen LogP contribution in [-0.4, -0.2) is 38.7 Å². The lowest BCUT2D eigenvalue weighted by Gasteiger charge is -2.18. The summed E-state index contributed by atoms with van der Waals surface area (Å²) in [5.41, 5.74) is 2.47. The lowest BCUT2D eigenvalue weighted by atomic mass is 10.1. The average molecular weight is 347 g/mol. The Morgan fingerprint density at radius 3 is 2.89 bits per heavy atom. The lowest BCUT2D eigenvalue weighted by Crippen LogP contribution is -2.34. The fourth-order valence-corrected chi connectivity index (χ4v) is 3.99. The van der Waals surface area contributed by atoms with Gasteiger partial charge in [0.1, 0.15) is 0 Å². The molecule has 1 heterocycles. The van der Waals surface area contributed by atoms with Gasteiger partial charge in [0.15, 0.2) is 0 Å². The number of benzene rings is 1. The first-order chi connectivity index (χ1) is 8.94. The van der Waals surface area contributed by atoms with E-state index >= 15 is 0 Å². The molecule has 0 aliphatic carbocycles. The quantitative estimate of drug-likeness (QED) is 0.905. The molecular formula is C13H19BrN2O2S. The molecule has 1 aromatic rings. The van der Waals surface area contributed by atoms with E-state index < -0.39 is 10.0 Å². The largest absolute Gasteiger partial charge is 0.298 e. The second kappa shape index (κ2) is 5.91. The van der Waals surface area contributed by atoms with Crippen LogP contribution in [0.1, 0.15) is 17.5 Å². The maximum Gasteiger partial charge on any atom is 0.215 e. The van der Waals surface area contributed by atoms with E-state index in [4.69, 9.17) is 0 Å². The molecule has 6 heteroatoms. The third-order valence-electron chi connectivity index (χ3n) is 3.73. The van der Waals surface area contributed by atoms with Crippen molar-refractivity contribution in [2.75, 3.05) is 20.1 Å². The predicted octanol–water partition coefficient (Wildman–Crippen LogP) is 1.88. The number of hydrogen-bond acceptors (Lipinski definition) is 3. The summed E-state index contributed by atoms with van der Waals surface area (Å²) in [7, 11) is -1.66. The highest BCUT2D eigenvalue weighted by Crippen LogP contribution is 2.23.